The molecule has 88 valence electrons. The quantitative estimate of drug-likeness (QED) is 0.731. The molecule has 0 aromatic heterocycles. The molecular weight excluding hydrogens is 197 g/mol. The number of likely N-dealkylation sites (tertiary alicyclic amines) is 1. The van der Waals surface area contributed by atoms with E-state index in [1.165, 1.54) is 6.92 Å². The fourth-order valence-electron chi connectivity index (χ4n) is 2.15. The van der Waals surface area contributed by atoms with Crippen LogP contribution in [0.3, 0.4) is 0 Å². The van der Waals surface area contributed by atoms with Gasteiger partial charge >= 0.3 is 5.97 Å². The normalized spacial score (nSPS) is 34.1. The van der Waals surface area contributed by atoms with E-state index in [1.54, 1.807) is 0 Å². The van der Waals surface area contributed by atoms with E-state index < -0.39 is 17.7 Å². The number of carbonyl (C=O) groups is 1. The maximum absolute atomic E-state index is 13.8. The lowest BCUT2D eigenvalue weighted by atomic mass is 9.86. The highest BCUT2D eigenvalue weighted by Gasteiger charge is 2.43. The number of carboxylic acid groups (broad SMARTS) is 1. The minimum atomic E-state index is -1.34. The molecule has 2 atom stereocenters. The predicted octanol–water partition coefficient (Wildman–Crippen LogP) is 2.06. The molecule has 0 spiro atoms. The van der Waals surface area contributed by atoms with Gasteiger partial charge in [0.05, 0.1) is 0 Å². The summed E-state index contributed by atoms with van der Waals surface area (Å²) >= 11 is 0. The number of hydrogen-bond donors (Lipinski definition) is 1. The van der Waals surface area contributed by atoms with Crippen LogP contribution in [-0.2, 0) is 4.79 Å². The van der Waals surface area contributed by atoms with Crippen LogP contribution in [0, 0.1) is 0 Å². The van der Waals surface area contributed by atoms with Crippen molar-refractivity contribution in [2.45, 2.75) is 57.8 Å². The van der Waals surface area contributed by atoms with E-state index in [2.05, 4.69) is 0 Å². The van der Waals surface area contributed by atoms with Crippen molar-refractivity contribution < 1.29 is 14.3 Å². The van der Waals surface area contributed by atoms with Crippen LogP contribution in [0.15, 0.2) is 0 Å². The summed E-state index contributed by atoms with van der Waals surface area (Å²) in [5.74, 6) is -0.923. The van der Waals surface area contributed by atoms with Gasteiger partial charge in [-0.3, -0.25) is 9.69 Å². The smallest absolute Gasteiger partial charge is 0.321 e. The third-order valence-electron chi connectivity index (χ3n) is 3.02. The number of aliphatic carboxylic acids is 1. The Kier molecular flexibility index (Phi) is 3.10. The lowest BCUT2D eigenvalue weighted by Gasteiger charge is -2.46. The van der Waals surface area contributed by atoms with Crippen LogP contribution in [0.4, 0.5) is 4.39 Å². The molecule has 1 aliphatic heterocycles. The van der Waals surface area contributed by atoms with E-state index in [4.69, 9.17) is 5.11 Å². The molecule has 0 saturated carbocycles. The highest BCUT2D eigenvalue weighted by Crippen LogP contribution is 2.33. The second kappa shape index (κ2) is 3.74. The van der Waals surface area contributed by atoms with Gasteiger partial charge in [0, 0.05) is 18.5 Å². The Morgan fingerprint density at radius 1 is 1.53 bits per heavy atom. The van der Waals surface area contributed by atoms with E-state index in [1.807, 2.05) is 25.7 Å². The summed E-state index contributed by atoms with van der Waals surface area (Å²) in [4.78, 5) is 13.0. The largest absolute Gasteiger partial charge is 0.480 e. The van der Waals surface area contributed by atoms with Gasteiger partial charge in [-0.05, 0) is 34.1 Å². The molecule has 2 unspecified atom stereocenters. The molecule has 0 bridgehead atoms. The van der Waals surface area contributed by atoms with Crippen molar-refractivity contribution >= 4 is 5.97 Å². The Balaban J connectivity index is 2.86. The molecule has 1 rings (SSSR count). The lowest BCUT2D eigenvalue weighted by Crippen LogP contribution is -2.58. The topological polar surface area (TPSA) is 40.5 Å². The number of rotatable bonds is 1. The van der Waals surface area contributed by atoms with Crippen LogP contribution in [0.5, 0.6) is 0 Å². The van der Waals surface area contributed by atoms with Gasteiger partial charge < -0.3 is 5.11 Å². The van der Waals surface area contributed by atoms with Crippen molar-refractivity contribution in [3.05, 3.63) is 0 Å². The Morgan fingerprint density at radius 2 is 2.07 bits per heavy atom. The van der Waals surface area contributed by atoms with Crippen LogP contribution in [0.2, 0.25) is 0 Å². The minimum absolute atomic E-state index is 0.0829. The van der Waals surface area contributed by atoms with Gasteiger partial charge in [0.1, 0.15) is 11.7 Å². The van der Waals surface area contributed by atoms with Crippen LogP contribution in [-0.4, -0.2) is 39.8 Å². The molecule has 0 aliphatic carbocycles. The summed E-state index contributed by atoms with van der Waals surface area (Å²) in [6.07, 6.45) is 0.494. The monoisotopic (exact) mass is 217 g/mol. The summed E-state index contributed by atoms with van der Waals surface area (Å²) in [5, 5.41) is 9.10. The molecule has 0 amide bonds. The third kappa shape index (κ3) is 2.91. The number of carboxylic acids is 1. The number of nitrogens with zero attached hydrogens (tertiary/aromatic N) is 1. The Labute approximate surface area is 90.3 Å². The van der Waals surface area contributed by atoms with Crippen molar-refractivity contribution in [3.63, 3.8) is 0 Å². The first kappa shape index (κ1) is 12.4. The van der Waals surface area contributed by atoms with Crippen molar-refractivity contribution in [3.8, 4) is 0 Å². The molecule has 3 nitrogen and oxygen atoms in total. The van der Waals surface area contributed by atoms with Crippen molar-refractivity contribution in [2.75, 3.05) is 6.54 Å². The maximum Gasteiger partial charge on any atom is 0.321 e. The van der Waals surface area contributed by atoms with Crippen LogP contribution >= 0.6 is 0 Å². The third-order valence-corrected chi connectivity index (χ3v) is 3.02. The van der Waals surface area contributed by atoms with Gasteiger partial charge in [-0.25, -0.2) is 4.39 Å². The zero-order valence-electron chi connectivity index (χ0n) is 9.88. The number of alkyl halides is 1. The highest BCUT2D eigenvalue weighted by molar-refractivity contribution is 5.74. The minimum Gasteiger partial charge on any atom is -0.480 e. The van der Waals surface area contributed by atoms with E-state index >= 15 is 0 Å². The van der Waals surface area contributed by atoms with E-state index in [9.17, 15) is 9.18 Å². The summed E-state index contributed by atoms with van der Waals surface area (Å²) < 4.78 is 13.8. The fourth-order valence-corrected chi connectivity index (χ4v) is 2.15. The van der Waals surface area contributed by atoms with Crippen LogP contribution in [0.1, 0.15) is 40.5 Å². The Bertz CT molecular complexity index is 258. The number of hydrogen-bond acceptors (Lipinski definition) is 2. The average Bonchev–Trinajstić information content (AvgIpc) is 1.99. The van der Waals surface area contributed by atoms with Gasteiger partial charge in [-0.2, -0.15) is 0 Å². The zero-order chi connectivity index (χ0) is 11.9. The van der Waals surface area contributed by atoms with Gasteiger partial charge in [0.2, 0.25) is 0 Å². The molecule has 0 aromatic carbocycles. The van der Waals surface area contributed by atoms with Gasteiger partial charge in [0.25, 0.3) is 0 Å². The molecule has 0 aromatic rings. The average molecular weight is 217 g/mol. The van der Waals surface area contributed by atoms with Gasteiger partial charge in [0.15, 0.2) is 0 Å². The first-order valence-corrected chi connectivity index (χ1v) is 5.32. The SMILES string of the molecule is CC1(F)CCN(C(C)(C)C)C(C(=O)O)C1. The van der Waals surface area contributed by atoms with E-state index in [0.29, 0.717) is 13.0 Å². The number of halogens is 1. The highest BCUT2D eigenvalue weighted by atomic mass is 19.1. The van der Waals surface area contributed by atoms with Crippen LogP contribution < -0.4 is 0 Å². The first-order valence-electron chi connectivity index (χ1n) is 5.32. The number of piperidine rings is 1. The summed E-state index contributed by atoms with van der Waals surface area (Å²) in [5.41, 5.74) is -1.57. The first-order chi connectivity index (χ1) is 6.63. The maximum atomic E-state index is 13.8. The Morgan fingerprint density at radius 3 is 2.47 bits per heavy atom. The molecule has 1 heterocycles. The van der Waals surface area contributed by atoms with Crippen molar-refractivity contribution in [1.82, 2.24) is 4.90 Å². The standard InChI is InChI=1S/C11H20FNO2/c1-10(2,3)13-6-5-11(4,12)7-8(13)9(14)15/h8H,5-7H2,1-4H3,(H,14,15). The zero-order valence-corrected chi connectivity index (χ0v) is 9.88. The van der Waals surface area contributed by atoms with Crippen LogP contribution in [0.25, 0.3) is 0 Å². The fraction of sp³-hybridized carbons (Fsp3) is 0.909. The second-order valence-corrected chi connectivity index (χ2v) is 5.59. The van der Waals surface area contributed by atoms with Gasteiger partial charge in [-0.1, -0.05) is 0 Å². The van der Waals surface area contributed by atoms with Crippen molar-refractivity contribution in [1.29, 1.82) is 0 Å². The molecule has 15 heavy (non-hydrogen) atoms. The molecule has 4 heteroatoms. The van der Waals surface area contributed by atoms with Crippen molar-refractivity contribution in [2.24, 2.45) is 0 Å². The van der Waals surface area contributed by atoms with Gasteiger partial charge in [-0.15, -0.1) is 0 Å². The molecule has 1 fully saturated rings. The van der Waals surface area contributed by atoms with E-state index in [0.717, 1.165) is 0 Å². The molecule has 1 saturated heterocycles. The molecular formula is C11H20FNO2. The Hall–Kier alpha value is -0.640. The van der Waals surface area contributed by atoms with E-state index in [-0.39, 0.29) is 12.0 Å². The molecule has 0 radical (unpaired) electrons. The lowest BCUT2D eigenvalue weighted by molar-refractivity contribution is -0.151. The second-order valence-electron chi connectivity index (χ2n) is 5.59. The predicted molar refractivity (Wildman–Crippen MR) is 56.6 cm³/mol. The summed E-state index contributed by atoms with van der Waals surface area (Å²) in [7, 11) is 0. The summed E-state index contributed by atoms with van der Waals surface area (Å²) in [6, 6.07) is -0.700. The molecule has 1 N–H and O–H groups in total. The summed E-state index contributed by atoms with van der Waals surface area (Å²) in [6.45, 7) is 7.88. The molecule has 1 aliphatic rings.